The molecule has 0 bridgehead atoms. The number of piperazine rings is 1. The Morgan fingerprint density at radius 3 is 2.18 bits per heavy atom. The summed E-state index contributed by atoms with van der Waals surface area (Å²) < 4.78 is 0. The molecule has 7 heteroatoms. The van der Waals surface area contributed by atoms with Gasteiger partial charge in [0.1, 0.15) is 0 Å². The Bertz CT molecular complexity index is 869. The second-order valence-electron chi connectivity index (χ2n) is 9.38. The van der Waals surface area contributed by atoms with Crippen LogP contribution < -0.4 is 10.2 Å². The van der Waals surface area contributed by atoms with Gasteiger partial charge in [0.25, 0.3) is 0 Å². The predicted molar refractivity (Wildman–Crippen MR) is 133 cm³/mol. The Labute approximate surface area is 198 Å². The number of amides is 1. The van der Waals surface area contributed by atoms with Crippen molar-refractivity contribution in [1.82, 2.24) is 25.3 Å². The lowest BCUT2D eigenvalue weighted by atomic mass is 9.96. The van der Waals surface area contributed by atoms with Gasteiger partial charge in [-0.2, -0.15) is 0 Å². The van der Waals surface area contributed by atoms with Crippen LogP contribution in [0.1, 0.15) is 31.7 Å². The summed E-state index contributed by atoms with van der Waals surface area (Å²) in [4.78, 5) is 19.9. The number of carbonyl (C=O) groups is 1. The second-order valence-corrected chi connectivity index (χ2v) is 9.38. The van der Waals surface area contributed by atoms with Gasteiger partial charge in [-0.1, -0.05) is 36.8 Å². The zero-order chi connectivity index (χ0) is 23.0. The standard InChI is InChI=1S/C26H38N6O/c1-3-13-30-17-19-31(20-18-30)16-12-27-26(33)23-10-14-32(15-11-23)25-9-8-24(28-29-25)22-6-4-21(2)5-7-22/h4-9,23H,3,10-20H2,1-2H3,(H,27,33). The highest BCUT2D eigenvalue weighted by Crippen LogP contribution is 2.23. The van der Waals surface area contributed by atoms with Gasteiger partial charge in [0.05, 0.1) is 5.69 Å². The molecule has 3 heterocycles. The molecule has 2 saturated heterocycles. The lowest BCUT2D eigenvalue weighted by Gasteiger charge is -2.35. The summed E-state index contributed by atoms with van der Waals surface area (Å²) in [6.45, 7) is 13.4. The highest BCUT2D eigenvalue weighted by Gasteiger charge is 2.26. The molecular weight excluding hydrogens is 412 g/mol. The first-order chi connectivity index (χ1) is 16.1. The van der Waals surface area contributed by atoms with Crippen LogP contribution in [0.5, 0.6) is 0 Å². The third-order valence-corrected chi connectivity index (χ3v) is 6.92. The maximum atomic E-state index is 12.7. The first-order valence-corrected chi connectivity index (χ1v) is 12.5. The molecule has 7 nitrogen and oxygen atoms in total. The van der Waals surface area contributed by atoms with Crippen LogP contribution in [-0.4, -0.2) is 84.8 Å². The van der Waals surface area contributed by atoms with E-state index in [-0.39, 0.29) is 11.8 Å². The van der Waals surface area contributed by atoms with Crippen LogP contribution in [0.15, 0.2) is 36.4 Å². The van der Waals surface area contributed by atoms with Crippen molar-refractivity contribution < 1.29 is 4.79 Å². The third kappa shape index (κ3) is 6.51. The Morgan fingerprint density at radius 1 is 0.909 bits per heavy atom. The summed E-state index contributed by atoms with van der Waals surface area (Å²) in [5.74, 6) is 1.20. The fourth-order valence-corrected chi connectivity index (χ4v) is 4.78. The Balaban J connectivity index is 1.17. The number of nitrogens with one attached hydrogen (secondary N) is 1. The highest BCUT2D eigenvalue weighted by atomic mass is 16.1. The van der Waals surface area contributed by atoms with Crippen LogP contribution in [0, 0.1) is 12.8 Å². The highest BCUT2D eigenvalue weighted by molar-refractivity contribution is 5.79. The fraction of sp³-hybridized carbons (Fsp3) is 0.577. The maximum Gasteiger partial charge on any atom is 0.223 e. The van der Waals surface area contributed by atoms with Crippen LogP contribution in [0.2, 0.25) is 0 Å². The van der Waals surface area contributed by atoms with E-state index in [0.29, 0.717) is 0 Å². The number of hydrogen-bond acceptors (Lipinski definition) is 6. The lowest BCUT2D eigenvalue weighted by Crippen LogP contribution is -2.49. The average Bonchev–Trinajstić information content (AvgIpc) is 2.86. The maximum absolute atomic E-state index is 12.7. The predicted octanol–water partition coefficient (Wildman–Crippen LogP) is 2.81. The van der Waals surface area contributed by atoms with Gasteiger partial charge in [0.15, 0.2) is 5.82 Å². The Morgan fingerprint density at radius 2 is 1.58 bits per heavy atom. The number of carbonyl (C=O) groups excluding carboxylic acids is 1. The molecule has 1 N–H and O–H groups in total. The van der Waals surface area contributed by atoms with Crippen molar-refractivity contribution in [2.45, 2.75) is 33.1 Å². The number of rotatable bonds is 8. The molecule has 0 radical (unpaired) electrons. The van der Waals surface area contributed by atoms with Crippen LogP contribution in [-0.2, 0) is 4.79 Å². The number of nitrogens with zero attached hydrogens (tertiary/aromatic N) is 5. The zero-order valence-corrected chi connectivity index (χ0v) is 20.2. The normalized spacial score (nSPS) is 18.4. The summed E-state index contributed by atoms with van der Waals surface area (Å²) >= 11 is 0. The number of aryl methyl sites for hydroxylation is 1. The zero-order valence-electron chi connectivity index (χ0n) is 20.2. The van der Waals surface area contributed by atoms with Crippen LogP contribution >= 0.6 is 0 Å². The van der Waals surface area contributed by atoms with Crippen molar-refractivity contribution >= 4 is 11.7 Å². The van der Waals surface area contributed by atoms with E-state index in [1.807, 2.05) is 12.1 Å². The molecule has 0 saturated carbocycles. The molecule has 0 spiro atoms. The molecule has 0 unspecified atom stereocenters. The topological polar surface area (TPSA) is 64.6 Å². The summed E-state index contributed by atoms with van der Waals surface area (Å²) in [5.41, 5.74) is 3.21. The van der Waals surface area contributed by atoms with Crippen LogP contribution in [0.3, 0.4) is 0 Å². The SMILES string of the molecule is CCCN1CCN(CCNC(=O)C2CCN(c3ccc(-c4ccc(C)cc4)nn3)CC2)CC1. The van der Waals surface area contributed by atoms with Crippen molar-refractivity contribution in [3.63, 3.8) is 0 Å². The van der Waals surface area contributed by atoms with Crippen LogP contribution in [0.4, 0.5) is 5.82 Å². The molecule has 1 aromatic heterocycles. The fourth-order valence-electron chi connectivity index (χ4n) is 4.78. The molecule has 2 aromatic rings. The van der Waals surface area contributed by atoms with Gasteiger partial charge in [-0.25, -0.2) is 0 Å². The van der Waals surface area contributed by atoms with E-state index in [1.54, 1.807) is 0 Å². The van der Waals surface area contributed by atoms with Gasteiger partial charge >= 0.3 is 0 Å². The molecule has 0 aliphatic carbocycles. The van der Waals surface area contributed by atoms with Gasteiger partial charge < -0.3 is 15.1 Å². The molecule has 2 fully saturated rings. The van der Waals surface area contributed by atoms with Gasteiger partial charge in [-0.3, -0.25) is 9.69 Å². The molecule has 33 heavy (non-hydrogen) atoms. The molecule has 4 rings (SSSR count). The third-order valence-electron chi connectivity index (χ3n) is 6.92. The minimum Gasteiger partial charge on any atom is -0.355 e. The number of benzene rings is 1. The molecule has 178 valence electrons. The van der Waals surface area contributed by atoms with Gasteiger partial charge in [-0.05, 0) is 44.9 Å². The first kappa shape index (κ1) is 23.6. The van der Waals surface area contributed by atoms with Gasteiger partial charge in [0, 0.05) is 63.8 Å². The Kier molecular flexibility index (Phi) is 8.29. The van der Waals surface area contributed by atoms with Gasteiger partial charge in [0.2, 0.25) is 5.91 Å². The van der Waals surface area contributed by atoms with E-state index in [4.69, 9.17) is 0 Å². The van der Waals surface area contributed by atoms with Gasteiger partial charge in [-0.15, -0.1) is 10.2 Å². The Hall–Kier alpha value is -2.51. The lowest BCUT2D eigenvalue weighted by molar-refractivity contribution is -0.125. The number of piperidine rings is 1. The first-order valence-electron chi connectivity index (χ1n) is 12.5. The number of anilines is 1. The largest absolute Gasteiger partial charge is 0.355 e. The van der Waals surface area contributed by atoms with Crippen molar-refractivity contribution in [3.05, 3.63) is 42.0 Å². The quantitative estimate of drug-likeness (QED) is 0.667. The van der Waals surface area contributed by atoms with E-state index in [0.717, 1.165) is 82.3 Å². The smallest absolute Gasteiger partial charge is 0.223 e. The van der Waals surface area contributed by atoms with E-state index in [2.05, 4.69) is 68.3 Å². The van der Waals surface area contributed by atoms with Crippen molar-refractivity contribution in [1.29, 1.82) is 0 Å². The van der Waals surface area contributed by atoms with Crippen molar-refractivity contribution in [2.24, 2.45) is 5.92 Å². The van der Waals surface area contributed by atoms with Crippen LogP contribution in [0.25, 0.3) is 11.3 Å². The molecular formula is C26H38N6O. The van der Waals surface area contributed by atoms with E-state index < -0.39 is 0 Å². The molecule has 2 aliphatic heterocycles. The summed E-state index contributed by atoms with van der Waals surface area (Å²) in [6, 6.07) is 12.4. The second kappa shape index (κ2) is 11.6. The number of hydrogen-bond donors (Lipinski definition) is 1. The van der Waals surface area contributed by atoms with Crippen molar-refractivity contribution in [2.75, 3.05) is 63.8 Å². The van der Waals surface area contributed by atoms with E-state index >= 15 is 0 Å². The summed E-state index contributed by atoms with van der Waals surface area (Å²) in [7, 11) is 0. The molecule has 2 aliphatic rings. The summed E-state index contributed by atoms with van der Waals surface area (Å²) in [6.07, 6.45) is 2.95. The molecule has 1 amide bonds. The molecule has 1 aromatic carbocycles. The van der Waals surface area contributed by atoms with E-state index in [9.17, 15) is 4.79 Å². The van der Waals surface area contributed by atoms with Crippen molar-refractivity contribution in [3.8, 4) is 11.3 Å². The number of aromatic nitrogens is 2. The molecule has 0 atom stereocenters. The minimum absolute atomic E-state index is 0.0995. The minimum atomic E-state index is 0.0995. The monoisotopic (exact) mass is 450 g/mol. The average molecular weight is 451 g/mol. The summed E-state index contributed by atoms with van der Waals surface area (Å²) in [5, 5.41) is 12.1. The van der Waals surface area contributed by atoms with E-state index in [1.165, 1.54) is 18.5 Å².